The molecule has 1 heterocycles. The van der Waals surface area contributed by atoms with Gasteiger partial charge in [-0.25, -0.2) is 4.79 Å². The molecule has 1 aliphatic rings. The maximum absolute atomic E-state index is 12.3. The van der Waals surface area contributed by atoms with E-state index in [4.69, 9.17) is 0 Å². The van der Waals surface area contributed by atoms with Crippen LogP contribution in [0.2, 0.25) is 0 Å². The first-order chi connectivity index (χ1) is 8.67. The number of piperidine rings is 1. The summed E-state index contributed by atoms with van der Waals surface area (Å²) in [4.78, 5) is 25.3. The Bertz CT molecular complexity index is 346. The van der Waals surface area contributed by atoms with E-state index in [9.17, 15) is 14.7 Å². The summed E-state index contributed by atoms with van der Waals surface area (Å²) < 4.78 is 0. The molecule has 1 atom stereocenters. The summed E-state index contributed by atoms with van der Waals surface area (Å²) in [5.74, 6) is -0.884. The first kappa shape index (κ1) is 16.0. The second-order valence-corrected chi connectivity index (χ2v) is 7.00. The number of hydrogen-bond acceptors (Lipinski definition) is 2. The molecule has 0 bridgehead atoms. The second kappa shape index (κ2) is 5.93. The lowest BCUT2D eigenvalue weighted by molar-refractivity contribution is -0.161. The van der Waals surface area contributed by atoms with Gasteiger partial charge in [-0.3, -0.25) is 4.79 Å². The summed E-state index contributed by atoms with van der Waals surface area (Å²) in [6.45, 7) is 8.71. The first-order valence-corrected chi connectivity index (χ1v) is 7.21. The van der Waals surface area contributed by atoms with Gasteiger partial charge in [-0.05, 0) is 44.4 Å². The highest BCUT2D eigenvalue weighted by atomic mass is 16.4. The van der Waals surface area contributed by atoms with Crippen LogP contribution in [-0.4, -0.2) is 34.0 Å². The van der Waals surface area contributed by atoms with E-state index in [2.05, 4.69) is 20.8 Å². The normalized spacial score (nSPS) is 24.3. The topological polar surface area (TPSA) is 57.6 Å². The molecule has 4 nitrogen and oxygen atoms in total. The summed E-state index contributed by atoms with van der Waals surface area (Å²) in [5, 5.41) is 9.38. The van der Waals surface area contributed by atoms with Crippen LogP contribution < -0.4 is 0 Å². The third kappa shape index (κ3) is 4.22. The van der Waals surface area contributed by atoms with Gasteiger partial charge in [0.1, 0.15) is 5.54 Å². The van der Waals surface area contributed by atoms with Crippen molar-refractivity contribution >= 4 is 11.9 Å². The number of rotatable bonds is 4. The van der Waals surface area contributed by atoms with Crippen molar-refractivity contribution in [2.24, 2.45) is 5.41 Å². The predicted molar refractivity (Wildman–Crippen MR) is 74.9 cm³/mol. The van der Waals surface area contributed by atoms with Gasteiger partial charge in [0, 0.05) is 13.0 Å². The Labute approximate surface area is 116 Å². The number of amides is 1. The summed E-state index contributed by atoms with van der Waals surface area (Å²) in [7, 11) is 0. The van der Waals surface area contributed by atoms with E-state index in [-0.39, 0.29) is 11.3 Å². The van der Waals surface area contributed by atoms with Crippen molar-refractivity contribution in [3.63, 3.8) is 0 Å². The van der Waals surface area contributed by atoms with Crippen LogP contribution in [0, 0.1) is 5.41 Å². The van der Waals surface area contributed by atoms with Gasteiger partial charge < -0.3 is 10.0 Å². The molecule has 0 aliphatic carbocycles. The molecule has 1 saturated heterocycles. The van der Waals surface area contributed by atoms with Gasteiger partial charge in [0.15, 0.2) is 0 Å². The predicted octanol–water partition coefficient (Wildman–Crippen LogP) is 3.06. The number of carboxylic acids is 1. The van der Waals surface area contributed by atoms with Crippen molar-refractivity contribution in [3.05, 3.63) is 0 Å². The maximum atomic E-state index is 12.3. The van der Waals surface area contributed by atoms with Gasteiger partial charge in [0.25, 0.3) is 0 Å². The average Bonchev–Trinajstić information content (AvgIpc) is 2.27. The van der Waals surface area contributed by atoms with Crippen molar-refractivity contribution < 1.29 is 14.7 Å². The lowest BCUT2D eigenvalue weighted by Crippen LogP contribution is -2.57. The van der Waals surface area contributed by atoms with Crippen LogP contribution in [-0.2, 0) is 9.59 Å². The fourth-order valence-electron chi connectivity index (χ4n) is 2.65. The van der Waals surface area contributed by atoms with Gasteiger partial charge in [0.05, 0.1) is 0 Å². The summed E-state index contributed by atoms with van der Waals surface area (Å²) in [6.07, 6.45) is 4.63. The van der Waals surface area contributed by atoms with Crippen molar-refractivity contribution in [2.75, 3.05) is 6.54 Å². The number of carboxylic acid groups (broad SMARTS) is 1. The van der Waals surface area contributed by atoms with Crippen molar-refractivity contribution in [1.82, 2.24) is 4.90 Å². The van der Waals surface area contributed by atoms with Crippen LogP contribution in [0.4, 0.5) is 0 Å². The fraction of sp³-hybridized carbons (Fsp3) is 0.867. The van der Waals surface area contributed by atoms with Gasteiger partial charge in [0.2, 0.25) is 5.91 Å². The summed E-state index contributed by atoms with van der Waals surface area (Å²) in [5.41, 5.74) is -0.782. The SMILES string of the molecule is CC(C)(C)CCCC(=O)N1CCCCC1(C)C(=O)O. The molecule has 4 heteroatoms. The van der Waals surface area contributed by atoms with Gasteiger partial charge >= 0.3 is 5.97 Å². The summed E-state index contributed by atoms with van der Waals surface area (Å²) >= 11 is 0. The molecule has 1 unspecified atom stereocenters. The molecule has 19 heavy (non-hydrogen) atoms. The van der Waals surface area contributed by atoms with Crippen LogP contribution in [0.5, 0.6) is 0 Å². The van der Waals surface area contributed by atoms with E-state index in [1.165, 1.54) is 0 Å². The molecule has 1 N–H and O–H groups in total. The molecule has 0 radical (unpaired) electrons. The number of carbonyl (C=O) groups excluding carboxylic acids is 1. The fourth-order valence-corrected chi connectivity index (χ4v) is 2.65. The Hall–Kier alpha value is -1.06. The maximum Gasteiger partial charge on any atom is 0.329 e. The van der Waals surface area contributed by atoms with Gasteiger partial charge in [-0.2, -0.15) is 0 Å². The number of hydrogen-bond donors (Lipinski definition) is 1. The van der Waals surface area contributed by atoms with Crippen LogP contribution in [0.15, 0.2) is 0 Å². The molecule has 1 fully saturated rings. The second-order valence-electron chi connectivity index (χ2n) is 7.00. The average molecular weight is 269 g/mol. The lowest BCUT2D eigenvalue weighted by Gasteiger charge is -2.41. The highest BCUT2D eigenvalue weighted by Gasteiger charge is 2.43. The van der Waals surface area contributed by atoms with Crippen LogP contribution in [0.1, 0.15) is 66.2 Å². The Kier molecular flexibility index (Phi) is 4.99. The zero-order valence-corrected chi connectivity index (χ0v) is 12.7. The Morgan fingerprint density at radius 2 is 1.89 bits per heavy atom. The molecular weight excluding hydrogens is 242 g/mol. The van der Waals surface area contributed by atoms with E-state index in [0.717, 1.165) is 25.7 Å². The number of likely N-dealkylation sites (tertiary alicyclic amines) is 1. The standard InChI is InChI=1S/C15H27NO3/c1-14(2,3)9-7-8-12(17)16-11-6-5-10-15(16,4)13(18)19/h5-11H2,1-4H3,(H,18,19). The smallest absolute Gasteiger partial charge is 0.329 e. The van der Waals surface area contributed by atoms with Crippen LogP contribution in [0.3, 0.4) is 0 Å². The molecule has 0 saturated carbocycles. The zero-order chi connectivity index (χ0) is 14.7. The van der Waals surface area contributed by atoms with Gasteiger partial charge in [-0.15, -0.1) is 0 Å². The molecular formula is C15H27NO3. The highest BCUT2D eigenvalue weighted by molar-refractivity contribution is 5.87. The molecule has 0 aromatic carbocycles. The monoisotopic (exact) mass is 269 g/mol. The van der Waals surface area contributed by atoms with Crippen molar-refractivity contribution in [1.29, 1.82) is 0 Å². The molecule has 0 aromatic heterocycles. The minimum Gasteiger partial charge on any atom is -0.480 e. The van der Waals surface area contributed by atoms with E-state index in [0.29, 0.717) is 19.4 Å². The zero-order valence-electron chi connectivity index (χ0n) is 12.7. The molecule has 0 aromatic rings. The van der Waals surface area contributed by atoms with Crippen molar-refractivity contribution in [3.8, 4) is 0 Å². The Morgan fingerprint density at radius 3 is 2.42 bits per heavy atom. The third-order valence-electron chi connectivity index (χ3n) is 3.97. The molecule has 0 spiro atoms. The van der Waals surface area contributed by atoms with Crippen LogP contribution >= 0.6 is 0 Å². The molecule has 1 rings (SSSR count). The minimum atomic E-state index is -1.00. The quantitative estimate of drug-likeness (QED) is 0.853. The Morgan fingerprint density at radius 1 is 1.26 bits per heavy atom. The van der Waals surface area contributed by atoms with E-state index in [1.54, 1.807) is 11.8 Å². The van der Waals surface area contributed by atoms with Crippen LogP contribution in [0.25, 0.3) is 0 Å². The van der Waals surface area contributed by atoms with E-state index < -0.39 is 11.5 Å². The number of nitrogens with zero attached hydrogens (tertiary/aromatic N) is 1. The highest BCUT2D eigenvalue weighted by Crippen LogP contribution is 2.30. The Balaban J connectivity index is 2.61. The minimum absolute atomic E-state index is 0.00569. The first-order valence-electron chi connectivity index (χ1n) is 7.21. The van der Waals surface area contributed by atoms with Gasteiger partial charge in [-0.1, -0.05) is 20.8 Å². The number of carbonyl (C=O) groups is 2. The lowest BCUT2D eigenvalue weighted by atomic mass is 9.87. The number of aliphatic carboxylic acids is 1. The van der Waals surface area contributed by atoms with E-state index >= 15 is 0 Å². The third-order valence-corrected chi connectivity index (χ3v) is 3.97. The molecule has 1 amide bonds. The molecule has 1 aliphatic heterocycles. The molecule has 110 valence electrons. The van der Waals surface area contributed by atoms with E-state index in [1.807, 2.05) is 0 Å². The largest absolute Gasteiger partial charge is 0.480 e. The van der Waals surface area contributed by atoms with Crippen molar-refractivity contribution in [2.45, 2.75) is 71.8 Å². The summed E-state index contributed by atoms with van der Waals surface area (Å²) in [6, 6.07) is 0.